The number of hydrogen-bond donors (Lipinski definition) is 2. The second-order valence-corrected chi connectivity index (χ2v) is 8.52. The highest BCUT2D eigenvalue weighted by Gasteiger charge is 2.29. The Morgan fingerprint density at radius 3 is 2.81 bits per heavy atom. The number of pyridine rings is 1. The fraction of sp³-hybridized carbons (Fsp3) is 0.542. The van der Waals surface area contributed by atoms with Crippen molar-refractivity contribution in [2.45, 2.75) is 59.6 Å². The molecule has 1 fully saturated rings. The fourth-order valence-electron chi connectivity index (χ4n) is 3.73. The number of nitrogens with one attached hydrogen (secondary N) is 2. The Labute approximate surface area is 189 Å². The van der Waals surface area contributed by atoms with E-state index in [1.807, 2.05) is 38.3 Å². The number of carbonyl (C=O) groups is 2. The highest BCUT2D eigenvalue weighted by atomic mass is 16.5. The Hall–Kier alpha value is -2.87. The second kappa shape index (κ2) is 10.6. The van der Waals surface area contributed by atoms with E-state index >= 15 is 0 Å². The number of allylic oxidation sites excluding steroid dienone is 1. The van der Waals surface area contributed by atoms with Gasteiger partial charge < -0.3 is 24.7 Å². The summed E-state index contributed by atoms with van der Waals surface area (Å²) < 4.78 is 12.7. The molecule has 2 aromatic heterocycles. The van der Waals surface area contributed by atoms with Gasteiger partial charge in [-0.15, -0.1) is 0 Å². The first-order valence-corrected chi connectivity index (χ1v) is 11.3. The minimum absolute atomic E-state index is 0.00982. The summed E-state index contributed by atoms with van der Waals surface area (Å²) in [5.41, 5.74) is 3.37. The van der Waals surface area contributed by atoms with Crippen molar-refractivity contribution >= 4 is 34.3 Å². The Balaban J connectivity index is 2.12. The maximum Gasteiger partial charge on any atom is 0.356 e. The summed E-state index contributed by atoms with van der Waals surface area (Å²) >= 11 is 0. The lowest BCUT2D eigenvalue weighted by Crippen LogP contribution is -2.23. The van der Waals surface area contributed by atoms with Crippen molar-refractivity contribution in [1.29, 1.82) is 0 Å². The molecule has 174 valence electrons. The molecule has 1 saturated heterocycles. The molecule has 0 saturated carbocycles. The molecular weight excluding hydrogens is 408 g/mol. The molecule has 0 aromatic carbocycles. The van der Waals surface area contributed by atoms with Crippen LogP contribution >= 0.6 is 0 Å². The molecule has 1 amide bonds. The standard InChI is InChI=1S/C24H34N4O4/c1-6-16(4)23(29)27-20-19-12-17(25-10-9-15(2)3)13-26-22(19)28(21(20)24(30)31-5)14-18-8-7-11-32-18/h9,12-13,16,18,25H,6-8,10-11,14H2,1-5H3,(H,27,29). The summed E-state index contributed by atoms with van der Waals surface area (Å²) in [6.45, 7) is 9.74. The van der Waals surface area contributed by atoms with Crippen LogP contribution in [0.25, 0.3) is 11.0 Å². The Bertz CT molecular complexity index is 1000. The maximum absolute atomic E-state index is 12.9. The van der Waals surface area contributed by atoms with Gasteiger partial charge in [0.25, 0.3) is 0 Å². The average molecular weight is 443 g/mol. The highest BCUT2D eigenvalue weighted by Crippen LogP contribution is 2.34. The highest BCUT2D eigenvalue weighted by molar-refractivity contribution is 6.11. The first-order valence-electron chi connectivity index (χ1n) is 11.3. The van der Waals surface area contributed by atoms with Gasteiger partial charge in [-0.25, -0.2) is 9.78 Å². The third-order valence-corrected chi connectivity index (χ3v) is 5.81. The molecular formula is C24H34N4O4. The summed E-state index contributed by atoms with van der Waals surface area (Å²) in [4.78, 5) is 30.3. The van der Waals surface area contributed by atoms with E-state index in [0.717, 1.165) is 18.5 Å². The van der Waals surface area contributed by atoms with Crippen LogP contribution in [0, 0.1) is 5.92 Å². The van der Waals surface area contributed by atoms with Crippen LogP contribution in [0.5, 0.6) is 0 Å². The van der Waals surface area contributed by atoms with E-state index in [0.29, 0.717) is 48.5 Å². The molecule has 3 heterocycles. The zero-order valence-electron chi connectivity index (χ0n) is 19.7. The quantitative estimate of drug-likeness (QED) is 0.442. The van der Waals surface area contributed by atoms with E-state index in [4.69, 9.17) is 9.47 Å². The van der Waals surface area contributed by atoms with Gasteiger partial charge in [0.1, 0.15) is 5.65 Å². The van der Waals surface area contributed by atoms with Crippen LogP contribution in [-0.4, -0.2) is 47.8 Å². The van der Waals surface area contributed by atoms with E-state index in [1.54, 1.807) is 6.20 Å². The molecule has 32 heavy (non-hydrogen) atoms. The lowest BCUT2D eigenvalue weighted by Gasteiger charge is -2.15. The normalized spacial score (nSPS) is 16.6. The topological polar surface area (TPSA) is 94.5 Å². The van der Waals surface area contributed by atoms with Crippen molar-refractivity contribution in [3.63, 3.8) is 0 Å². The number of rotatable bonds is 9. The number of aromatic nitrogens is 2. The zero-order chi connectivity index (χ0) is 23.3. The van der Waals surface area contributed by atoms with Gasteiger partial charge >= 0.3 is 5.97 Å². The zero-order valence-corrected chi connectivity index (χ0v) is 19.7. The number of methoxy groups -OCH3 is 1. The van der Waals surface area contributed by atoms with Gasteiger partial charge in [0.15, 0.2) is 5.69 Å². The average Bonchev–Trinajstić information content (AvgIpc) is 3.39. The number of anilines is 2. The number of esters is 1. The van der Waals surface area contributed by atoms with Crippen molar-refractivity contribution in [1.82, 2.24) is 9.55 Å². The third kappa shape index (κ3) is 5.30. The molecule has 0 aliphatic carbocycles. The molecule has 2 unspecified atom stereocenters. The number of hydrogen-bond acceptors (Lipinski definition) is 6. The molecule has 0 radical (unpaired) electrons. The monoisotopic (exact) mass is 442 g/mol. The molecule has 3 rings (SSSR count). The van der Waals surface area contributed by atoms with Crippen molar-refractivity contribution in [3.05, 3.63) is 29.6 Å². The van der Waals surface area contributed by atoms with Crippen molar-refractivity contribution in [3.8, 4) is 0 Å². The summed E-state index contributed by atoms with van der Waals surface area (Å²) in [5.74, 6) is -0.847. The molecule has 0 spiro atoms. The lowest BCUT2D eigenvalue weighted by atomic mass is 10.1. The molecule has 8 heteroatoms. The van der Waals surface area contributed by atoms with E-state index < -0.39 is 5.97 Å². The molecule has 8 nitrogen and oxygen atoms in total. The SMILES string of the molecule is CCC(C)C(=O)Nc1c(C(=O)OC)n(CC2CCCO2)c2ncc(NCC=C(C)C)cc12. The summed E-state index contributed by atoms with van der Waals surface area (Å²) in [7, 11) is 1.34. The van der Waals surface area contributed by atoms with Crippen LogP contribution in [-0.2, 0) is 20.8 Å². The first-order chi connectivity index (χ1) is 15.3. The molecule has 0 bridgehead atoms. The smallest absolute Gasteiger partial charge is 0.356 e. The van der Waals surface area contributed by atoms with Gasteiger partial charge in [0, 0.05) is 24.5 Å². The summed E-state index contributed by atoms with van der Waals surface area (Å²) in [6, 6.07) is 1.92. The number of ether oxygens (including phenoxy) is 2. The largest absolute Gasteiger partial charge is 0.464 e. The van der Waals surface area contributed by atoms with Gasteiger partial charge in [-0.2, -0.15) is 0 Å². The van der Waals surface area contributed by atoms with E-state index in [2.05, 4.69) is 21.7 Å². The Morgan fingerprint density at radius 1 is 1.41 bits per heavy atom. The molecule has 2 N–H and O–H groups in total. The van der Waals surface area contributed by atoms with Crippen LogP contribution < -0.4 is 10.6 Å². The summed E-state index contributed by atoms with van der Waals surface area (Å²) in [5, 5.41) is 7.01. The van der Waals surface area contributed by atoms with E-state index in [-0.39, 0.29) is 17.9 Å². The number of fused-ring (bicyclic) bond motifs is 1. The number of carbonyl (C=O) groups excluding carboxylic acids is 2. The van der Waals surface area contributed by atoms with E-state index in [1.165, 1.54) is 12.7 Å². The van der Waals surface area contributed by atoms with Gasteiger partial charge in [-0.1, -0.05) is 25.5 Å². The van der Waals surface area contributed by atoms with Crippen LogP contribution in [0.3, 0.4) is 0 Å². The Kier molecular flexibility index (Phi) is 7.90. The minimum atomic E-state index is -0.514. The van der Waals surface area contributed by atoms with Gasteiger partial charge in [-0.3, -0.25) is 4.79 Å². The molecule has 1 aliphatic rings. The lowest BCUT2D eigenvalue weighted by molar-refractivity contribution is -0.119. The van der Waals surface area contributed by atoms with Gasteiger partial charge in [-0.05, 0) is 39.2 Å². The minimum Gasteiger partial charge on any atom is -0.464 e. The predicted octanol–water partition coefficient (Wildman–Crippen LogP) is 4.36. The van der Waals surface area contributed by atoms with Crippen molar-refractivity contribution < 1.29 is 19.1 Å². The molecule has 2 atom stereocenters. The Morgan fingerprint density at radius 2 is 2.19 bits per heavy atom. The van der Waals surface area contributed by atoms with Crippen molar-refractivity contribution in [2.24, 2.45) is 5.92 Å². The predicted molar refractivity (Wildman–Crippen MR) is 126 cm³/mol. The summed E-state index contributed by atoms with van der Waals surface area (Å²) in [6.07, 6.45) is 6.41. The fourth-order valence-corrected chi connectivity index (χ4v) is 3.73. The van der Waals surface area contributed by atoms with Crippen LogP contribution in [0.15, 0.2) is 23.9 Å². The number of nitrogens with zero attached hydrogens (tertiary/aromatic N) is 2. The van der Waals surface area contributed by atoms with Crippen molar-refractivity contribution in [2.75, 3.05) is 30.9 Å². The molecule has 1 aliphatic heterocycles. The molecule has 2 aromatic rings. The van der Waals surface area contributed by atoms with Crippen LogP contribution in [0.1, 0.15) is 57.4 Å². The van der Waals surface area contributed by atoms with Crippen LogP contribution in [0.4, 0.5) is 11.4 Å². The third-order valence-electron chi connectivity index (χ3n) is 5.81. The van der Waals surface area contributed by atoms with E-state index in [9.17, 15) is 9.59 Å². The van der Waals surface area contributed by atoms with Gasteiger partial charge in [0.05, 0.1) is 37.3 Å². The second-order valence-electron chi connectivity index (χ2n) is 8.52. The van der Waals surface area contributed by atoms with Crippen LogP contribution in [0.2, 0.25) is 0 Å². The number of amides is 1. The maximum atomic E-state index is 12.9. The first kappa shape index (κ1) is 23.8. The van der Waals surface area contributed by atoms with Gasteiger partial charge in [0.2, 0.25) is 5.91 Å².